The summed E-state index contributed by atoms with van der Waals surface area (Å²) in [6, 6.07) is 4.18. The summed E-state index contributed by atoms with van der Waals surface area (Å²) in [4.78, 5) is 11.3. The van der Waals surface area contributed by atoms with Crippen LogP contribution in [0.3, 0.4) is 0 Å². The van der Waals surface area contributed by atoms with Crippen molar-refractivity contribution in [2.45, 2.75) is 18.4 Å². The molecule has 0 spiro atoms. The van der Waals surface area contributed by atoms with Crippen molar-refractivity contribution in [3.05, 3.63) is 29.8 Å². The summed E-state index contributed by atoms with van der Waals surface area (Å²) in [6.45, 7) is -4.76. The zero-order valence-electron chi connectivity index (χ0n) is 10.4. The maximum absolute atomic E-state index is 12.5. The minimum Gasteiger partial charge on any atom is -0.479 e. The van der Waals surface area contributed by atoms with Gasteiger partial charge in [-0.1, -0.05) is 24.3 Å². The predicted molar refractivity (Wildman–Crippen MR) is 59.7 cm³/mol. The van der Waals surface area contributed by atoms with Gasteiger partial charge in [-0.3, -0.25) is 0 Å². The molecule has 1 aromatic rings. The summed E-state index contributed by atoms with van der Waals surface area (Å²) in [5.74, 6) is -1.16. The minimum atomic E-state index is -5.06. The van der Waals surface area contributed by atoms with E-state index in [9.17, 15) is 22.8 Å². The molecule has 0 aliphatic carbocycles. The molecule has 1 heterocycles. The Morgan fingerprint density at radius 1 is 1.26 bits per heavy atom. The minimum absolute atomic E-state index is 0. The van der Waals surface area contributed by atoms with Crippen LogP contribution in [-0.4, -0.2) is 24.7 Å². The molecule has 0 bridgehead atoms. The molecule has 2 rings (SSSR count). The van der Waals surface area contributed by atoms with Crippen LogP contribution in [0.2, 0.25) is 0 Å². The summed E-state index contributed by atoms with van der Waals surface area (Å²) in [5.41, 5.74) is -1.97. The van der Waals surface area contributed by atoms with E-state index >= 15 is 0 Å². The van der Waals surface area contributed by atoms with Crippen LogP contribution in [0.5, 0.6) is 0 Å². The van der Waals surface area contributed by atoms with E-state index < -0.39 is 24.0 Å². The van der Waals surface area contributed by atoms with E-state index in [1.54, 1.807) is 0 Å². The molecule has 8 heteroatoms. The van der Waals surface area contributed by atoms with Crippen molar-refractivity contribution in [2.75, 3.05) is 6.61 Å². The van der Waals surface area contributed by atoms with Crippen molar-refractivity contribution in [1.82, 2.24) is 0 Å². The maximum atomic E-state index is 12.5. The molecule has 1 aliphatic rings. The Hall–Kier alpha value is 0.141. The van der Waals surface area contributed by atoms with Gasteiger partial charge >= 0.3 is 64.3 Å². The molecule has 1 aromatic carbocycles. The monoisotopic (exact) mass is 298 g/mol. The van der Waals surface area contributed by atoms with Gasteiger partial charge in [0.2, 0.25) is 0 Å². The molecule has 0 radical (unpaired) electrons. The van der Waals surface area contributed by atoms with Gasteiger partial charge in [-0.05, 0) is 18.4 Å². The Bertz CT molecular complexity index is 455. The molecular formula is C11H11BF3KO3. The summed E-state index contributed by atoms with van der Waals surface area (Å²) in [5, 5.41) is 9.20. The van der Waals surface area contributed by atoms with Gasteiger partial charge in [0.1, 0.15) is 0 Å². The molecule has 3 nitrogen and oxygen atoms in total. The van der Waals surface area contributed by atoms with Gasteiger partial charge in [0.05, 0.1) is 0 Å². The van der Waals surface area contributed by atoms with Gasteiger partial charge < -0.3 is 22.8 Å². The number of carboxylic acid groups (broad SMARTS) is 1. The van der Waals surface area contributed by atoms with Crippen LogP contribution >= 0.6 is 0 Å². The van der Waals surface area contributed by atoms with E-state index in [2.05, 4.69) is 0 Å². The molecule has 1 unspecified atom stereocenters. The number of rotatable bonds is 3. The smallest absolute Gasteiger partial charge is 0.479 e. The molecule has 1 N–H and O–H groups in total. The quantitative estimate of drug-likeness (QED) is 0.716. The van der Waals surface area contributed by atoms with Crippen LogP contribution in [0.25, 0.3) is 0 Å². The first-order chi connectivity index (χ1) is 8.36. The maximum Gasteiger partial charge on any atom is 1.00 e. The number of aliphatic carboxylic acids is 1. The van der Waals surface area contributed by atoms with Gasteiger partial charge in [0, 0.05) is 6.61 Å². The molecule has 1 aliphatic heterocycles. The van der Waals surface area contributed by atoms with E-state index in [1.807, 2.05) is 0 Å². The zero-order valence-corrected chi connectivity index (χ0v) is 13.5. The van der Waals surface area contributed by atoms with Gasteiger partial charge in [0.25, 0.3) is 0 Å². The average Bonchev–Trinajstić information content (AvgIpc) is 2.78. The Morgan fingerprint density at radius 2 is 1.84 bits per heavy atom. The number of halogens is 3. The number of carboxylic acids is 1. The van der Waals surface area contributed by atoms with Crippen LogP contribution in [0, 0.1) is 0 Å². The standard InChI is InChI=1S/C11H11BF3O3.K/c13-12(14,15)9-4-2-8(3-5-9)11(10(16)17)6-1-7-18-11;/h2-5H,1,6-7H2,(H,16,17);/q-1;+1. The number of carbonyl (C=O) groups is 1. The fourth-order valence-electron chi connectivity index (χ4n) is 2.13. The second kappa shape index (κ2) is 6.28. The van der Waals surface area contributed by atoms with Crippen LogP contribution in [0.4, 0.5) is 12.9 Å². The summed E-state index contributed by atoms with van der Waals surface area (Å²) in [6.07, 6.45) is 0.857. The van der Waals surface area contributed by atoms with E-state index in [0.717, 1.165) is 12.1 Å². The first-order valence-corrected chi connectivity index (χ1v) is 5.54. The molecule has 0 saturated carbocycles. The van der Waals surface area contributed by atoms with Gasteiger partial charge in [-0.25, -0.2) is 4.79 Å². The molecule has 1 fully saturated rings. The first kappa shape index (κ1) is 17.2. The SMILES string of the molecule is O=C(O)C1(c2ccc([B-](F)(F)F)cc2)CCCO1.[K+]. The van der Waals surface area contributed by atoms with Crippen molar-refractivity contribution in [1.29, 1.82) is 0 Å². The van der Waals surface area contributed by atoms with Crippen LogP contribution in [-0.2, 0) is 15.1 Å². The third-order valence-corrected chi connectivity index (χ3v) is 3.12. The van der Waals surface area contributed by atoms with Crippen LogP contribution in [0.15, 0.2) is 24.3 Å². The van der Waals surface area contributed by atoms with E-state index in [-0.39, 0.29) is 63.4 Å². The summed E-state index contributed by atoms with van der Waals surface area (Å²) < 4.78 is 42.6. The van der Waals surface area contributed by atoms with Crippen molar-refractivity contribution in [2.24, 2.45) is 0 Å². The van der Waals surface area contributed by atoms with Crippen LogP contribution in [0.1, 0.15) is 18.4 Å². The molecule has 1 atom stereocenters. The molecule has 0 amide bonds. The summed E-state index contributed by atoms with van der Waals surface area (Å²) >= 11 is 0. The predicted octanol–water partition coefficient (Wildman–Crippen LogP) is -1.16. The third-order valence-electron chi connectivity index (χ3n) is 3.12. The largest absolute Gasteiger partial charge is 1.00 e. The van der Waals surface area contributed by atoms with Crippen molar-refractivity contribution >= 4 is 18.4 Å². The number of ether oxygens (including phenoxy) is 1. The number of hydrogen-bond acceptors (Lipinski definition) is 2. The van der Waals surface area contributed by atoms with Crippen LogP contribution < -0.4 is 56.8 Å². The van der Waals surface area contributed by atoms with E-state index in [0.29, 0.717) is 13.0 Å². The number of benzene rings is 1. The first-order valence-electron chi connectivity index (χ1n) is 5.54. The second-order valence-corrected chi connectivity index (χ2v) is 4.28. The van der Waals surface area contributed by atoms with E-state index in [4.69, 9.17) is 4.74 Å². The number of hydrogen-bond donors (Lipinski definition) is 1. The van der Waals surface area contributed by atoms with Gasteiger partial charge in [0.15, 0.2) is 5.60 Å². The van der Waals surface area contributed by atoms with Gasteiger partial charge in [-0.15, -0.1) is 5.46 Å². The third kappa shape index (κ3) is 3.43. The topological polar surface area (TPSA) is 46.5 Å². The van der Waals surface area contributed by atoms with Crippen molar-refractivity contribution in [3.8, 4) is 0 Å². The normalized spacial score (nSPS) is 22.9. The molecule has 19 heavy (non-hydrogen) atoms. The molecule has 1 saturated heterocycles. The Balaban J connectivity index is 0.00000180. The Labute approximate surface area is 151 Å². The Morgan fingerprint density at radius 3 is 2.21 bits per heavy atom. The van der Waals surface area contributed by atoms with Crippen molar-refractivity contribution in [3.63, 3.8) is 0 Å². The molecule has 0 aromatic heterocycles. The fraction of sp³-hybridized carbons (Fsp3) is 0.364. The second-order valence-electron chi connectivity index (χ2n) is 4.28. The average molecular weight is 298 g/mol. The Kier molecular flexibility index (Phi) is 5.68. The summed E-state index contributed by atoms with van der Waals surface area (Å²) in [7, 11) is 0. The van der Waals surface area contributed by atoms with E-state index in [1.165, 1.54) is 12.1 Å². The molecule has 98 valence electrons. The molecular weight excluding hydrogens is 287 g/mol. The van der Waals surface area contributed by atoms with Crippen molar-refractivity contribution < 1.29 is 79.0 Å². The zero-order chi connectivity index (χ0) is 13.4. The van der Waals surface area contributed by atoms with Gasteiger partial charge in [-0.2, -0.15) is 0 Å². The fourth-order valence-corrected chi connectivity index (χ4v) is 2.13.